The van der Waals surface area contributed by atoms with Gasteiger partial charge in [0.1, 0.15) is 5.82 Å². The zero-order chi connectivity index (χ0) is 9.84. The van der Waals surface area contributed by atoms with Gasteiger partial charge in [0.05, 0.1) is 19.1 Å². The molecule has 0 aromatic heterocycles. The summed E-state index contributed by atoms with van der Waals surface area (Å²) >= 11 is 1.42. The van der Waals surface area contributed by atoms with Gasteiger partial charge in [-0.1, -0.05) is 0 Å². The van der Waals surface area contributed by atoms with Crippen molar-refractivity contribution in [2.75, 3.05) is 20.5 Å². The van der Waals surface area contributed by atoms with Crippen LogP contribution in [-0.2, 0) is 0 Å². The van der Waals surface area contributed by atoms with E-state index in [0.717, 1.165) is 4.90 Å². The third kappa shape index (κ3) is 2.06. The molecule has 0 unspecified atom stereocenters. The second kappa shape index (κ2) is 4.37. The number of thioether (sulfide) groups is 1. The lowest BCUT2D eigenvalue weighted by Gasteiger charge is -2.10. The fraction of sp³-hybridized carbons (Fsp3) is 0.333. The van der Waals surface area contributed by atoms with Crippen molar-refractivity contribution in [2.24, 2.45) is 0 Å². The van der Waals surface area contributed by atoms with E-state index in [-0.39, 0.29) is 5.82 Å². The van der Waals surface area contributed by atoms with Crippen molar-refractivity contribution in [1.82, 2.24) is 0 Å². The maximum absolute atomic E-state index is 13.0. The fourth-order valence-electron chi connectivity index (χ4n) is 1.05. The molecule has 0 N–H and O–H groups in total. The van der Waals surface area contributed by atoms with Gasteiger partial charge in [-0.05, 0) is 12.3 Å². The summed E-state index contributed by atoms with van der Waals surface area (Å²) in [6.07, 6.45) is 1.86. The minimum atomic E-state index is -0.318. The number of hydrogen-bond donors (Lipinski definition) is 0. The molecule has 0 aliphatic heterocycles. The highest BCUT2D eigenvalue weighted by atomic mass is 32.2. The molecule has 0 amide bonds. The topological polar surface area (TPSA) is 18.5 Å². The Morgan fingerprint density at radius 1 is 1.23 bits per heavy atom. The Morgan fingerprint density at radius 2 is 1.92 bits per heavy atom. The quantitative estimate of drug-likeness (QED) is 0.702. The summed E-state index contributed by atoms with van der Waals surface area (Å²) in [4.78, 5) is 0.736. The highest BCUT2D eigenvalue weighted by Gasteiger charge is 2.11. The summed E-state index contributed by atoms with van der Waals surface area (Å²) in [5.74, 6) is 0.685. The Bertz CT molecular complexity index is 277. The third-order valence-corrected chi connectivity index (χ3v) is 2.37. The van der Waals surface area contributed by atoms with Crippen molar-refractivity contribution in [1.29, 1.82) is 0 Å². The molecule has 1 aromatic rings. The monoisotopic (exact) mass is 202 g/mol. The Morgan fingerprint density at radius 3 is 2.38 bits per heavy atom. The normalized spacial score (nSPS) is 9.85. The van der Waals surface area contributed by atoms with Crippen LogP contribution < -0.4 is 9.47 Å². The van der Waals surface area contributed by atoms with Gasteiger partial charge < -0.3 is 9.47 Å². The predicted molar refractivity (Wildman–Crippen MR) is 51.3 cm³/mol. The molecule has 0 fully saturated rings. The molecule has 2 nitrogen and oxygen atoms in total. The van der Waals surface area contributed by atoms with Crippen molar-refractivity contribution in [3.05, 3.63) is 17.9 Å². The van der Waals surface area contributed by atoms with Crippen LogP contribution in [0.2, 0.25) is 0 Å². The lowest BCUT2D eigenvalue weighted by atomic mass is 10.3. The van der Waals surface area contributed by atoms with Gasteiger partial charge in [0.25, 0.3) is 0 Å². The standard InChI is InChI=1S/C9H11FO2S/c1-11-7-4-6(10)5-8(13-3)9(7)12-2/h4-5H,1-3H3. The Hall–Kier alpha value is -0.900. The average Bonchev–Trinajstić information content (AvgIpc) is 2.16. The number of benzene rings is 1. The van der Waals surface area contributed by atoms with E-state index in [1.54, 1.807) is 0 Å². The van der Waals surface area contributed by atoms with E-state index in [1.165, 1.54) is 38.1 Å². The molecular formula is C9H11FO2S. The summed E-state index contributed by atoms with van der Waals surface area (Å²) in [6, 6.07) is 2.73. The first-order valence-electron chi connectivity index (χ1n) is 3.68. The Labute approximate surface area is 81.0 Å². The molecule has 0 radical (unpaired) electrons. The van der Waals surface area contributed by atoms with Gasteiger partial charge in [-0.2, -0.15) is 0 Å². The minimum absolute atomic E-state index is 0.318. The van der Waals surface area contributed by atoms with Crippen LogP contribution in [0.5, 0.6) is 11.5 Å². The van der Waals surface area contributed by atoms with E-state index in [9.17, 15) is 4.39 Å². The zero-order valence-corrected chi connectivity index (χ0v) is 8.57. The number of methoxy groups -OCH3 is 2. The number of halogens is 1. The maximum atomic E-state index is 13.0. The highest BCUT2D eigenvalue weighted by molar-refractivity contribution is 7.98. The molecular weight excluding hydrogens is 191 g/mol. The van der Waals surface area contributed by atoms with Crippen LogP contribution in [0.4, 0.5) is 4.39 Å². The third-order valence-electron chi connectivity index (χ3n) is 1.63. The van der Waals surface area contributed by atoms with Gasteiger partial charge in [0, 0.05) is 6.07 Å². The second-order valence-electron chi connectivity index (χ2n) is 2.34. The Kier molecular flexibility index (Phi) is 3.42. The van der Waals surface area contributed by atoms with Gasteiger partial charge in [-0.3, -0.25) is 0 Å². The van der Waals surface area contributed by atoms with E-state index in [4.69, 9.17) is 9.47 Å². The number of hydrogen-bond acceptors (Lipinski definition) is 3. The van der Waals surface area contributed by atoms with Crippen LogP contribution in [0.3, 0.4) is 0 Å². The van der Waals surface area contributed by atoms with Crippen LogP contribution in [0.1, 0.15) is 0 Å². The maximum Gasteiger partial charge on any atom is 0.174 e. The number of rotatable bonds is 3. The van der Waals surface area contributed by atoms with Crippen molar-refractivity contribution < 1.29 is 13.9 Å². The lowest BCUT2D eigenvalue weighted by Crippen LogP contribution is -1.93. The Balaban J connectivity index is 3.25. The SMILES string of the molecule is COc1cc(F)cc(SC)c1OC. The predicted octanol–water partition coefficient (Wildman–Crippen LogP) is 2.56. The van der Waals surface area contributed by atoms with Crippen LogP contribution in [0.15, 0.2) is 17.0 Å². The van der Waals surface area contributed by atoms with Crippen LogP contribution in [0.25, 0.3) is 0 Å². The molecule has 0 spiro atoms. The molecule has 0 aliphatic carbocycles. The minimum Gasteiger partial charge on any atom is -0.493 e. The molecule has 0 heterocycles. The van der Waals surface area contributed by atoms with Crippen molar-refractivity contribution in [3.63, 3.8) is 0 Å². The molecule has 4 heteroatoms. The van der Waals surface area contributed by atoms with Gasteiger partial charge >= 0.3 is 0 Å². The average molecular weight is 202 g/mol. The van der Waals surface area contributed by atoms with E-state index < -0.39 is 0 Å². The molecule has 0 aliphatic rings. The van der Waals surface area contributed by atoms with Crippen molar-refractivity contribution in [3.8, 4) is 11.5 Å². The summed E-state index contributed by atoms with van der Waals surface area (Å²) in [5, 5.41) is 0. The molecule has 0 saturated carbocycles. The smallest absolute Gasteiger partial charge is 0.174 e. The second-order valence-corrected chi connectivity index (χ2v) is 3.19. The molecule has 1 rings (SSSR count). The first kappa shape index (κ1) is 10.2. The van der Waals surface area contributed by atoms with E-state index in [0.29, 0.717) is 11.5 Å². The largest absolute Gasteiger partial charge is 0.493 e. The van der Waals surface area contributed by atoms with Gasteiger partial charge in [0.15, 0.2) is 11.5 Å². The van der Waals surface area contributed by atoms with E-state index >= 15 is 0 Å². The van der Waals surface area contributed by atoms with Crippen molar-refractivity contribution >= 4 is 11.8 Å². The summed E-state index contributed by atoms with van der Waals surface area (Å²) in [5.41, 5.74) is 0. The van der Waals surface area contributed by atoms with Gasteiger partial charge in [-0.25, -0.2) is 4.39 Å². The van der Waals surface area contributed by atoms with E-state index in [1.807, 2.05) is 6.26 Å². The van der Waals surface area contributed by atoms with Crippen molar-refractivity contribution in [2.45, 2.75) is 4.90 Å². The van der Waals surface area contributed by atoms with Crippen LogP contribution >= 0.6 is 11.8 Å². The molecule has 0 atom stereocenters. The molecule has 1 aromatic carbocycles. The zero-order valence-electron chi connectivity index (χ0n) is 7.76. The van der Waals surface area contributed by atoms with E-state index in [2.05, 4.69) is 0 Å². The molecule has 72 valence electrons. The molecule has 13 heavy (non-hydrogen) atoms. The number of ether oxygens (including phenoxy) is 2. The first-order valence-corrected chi connectivity index (χ1v) is 4.91. The van der Waals surface area contributed by atoms with Crippen LogP contribution in [-0.4, -0.2) is 20.5 Å². The summed E-state index contributed by atoms with van der Waals surface area (Å²) < 4.78 is 23.1. The highest BCUT2D eigenvalue weighted by Crippen LogP contribution is 2.37. The molecule has 0 bridgehead atoms. The fourth-order valence-corrected chi connectivity index (χ4v) is 1.65. The van der Waals surface area contributed by atoms with Gasteiger partial charge in [0.2, 0.25) is 0 Å². The lowest BCUT2D eigenvalue weighted by molar-refractivity contribution is 0.345. The van der Waals surface area contributed by atoms with Gasteiger partial charge in [-0.15, -0.1) is 11.8 Å². The summed E-state index contributed by atoms with van der Waals surface area (Å²) in [6.45, 7) is 0. The van der Waals surface area contributed by atoms with Crippen LogP contribution in [0, 0.1) is 5.82 Å². The molecule has 0 saturated heterocycles. The summed E-state index contributed by atoms with van der Waals surface area (Å²) in [7, 11) is 3.02. The first-order chi connectivity index (χ1) is 6.22.